The van der Waals surface area contributed by atoms with Crippen LogP contribution in [-0.2, 0) is 38.4 Å². The molecule has 2 rings (SSSR count). The molecule has 276 valence electrons. The molecule has 0 aromatic heterocycles. The minimum absolute atomic E-state index is 0.0548. The van der Waals surface area contributed by atoms with Gasteiger partial charge in [-0.1, -0.05) is 27.7 Å². The summed E-state index contributed by atoms with van der Waals surface area (Å²) in [5.74, 6) is -7.08. The van der Waals surface area contributed by atoms with Gasteiger partial charge in [0.05, 0.1) is 13.2 Å². The van der Waals surface area contributed by atoms with E-state index in [1.807, 2.05) is 13.8 Å². The van der Waals surface area contributed by atoms with E-state index < -0.39 is 109 Å². The first kappa shape index (κ1) is 40.9. The van der Waals surface area contributed by atoms with Gasteiger partial charge in [0.2, 0.25) is 35.4 Å². The molecule has 2 saturated heterocycles. The van der Waals surface area contributed by atoms with Crippen LogP contribution < -0.4 is 27.0 Å². The SMILES string of the molecule is CC(C)C[C@H](NC(=O)[C@@H]1CCCN1C(=O)[C@@H](N)CO)C(=O)N1CCC[C@H]1C(=O)N[C@@H](CCC(=O)O)C(=O)NCC(=O)N[C@H](C(=O)O)C(C)C. The molecule has 18 heteroatoms. The topological polar surface area (TPSA) is 278 Å². The molecule has 49 heavy (non-hydrogen) atoms. The minimum Gasteiger partial charge on any atom is -0.481 e. The molecular formula is C31H51N7O11. The molecule has 0 aromatic carbocycles. The molecule has 0 aliphatic carbocycles. The predicted octanol–water partition coefficient (Wildman–Crippen LogP) is -2.49. The Labute approximate surface area is 284 Å². The van der Waals surface area contributed by atoms with E-state index in [9.17, 15) is 53.7 Å². The summed E-state index contributed by atoms with van der Waals surface area (Å²) in [5.41, 5.74) is 5.69. The zero-order valence-corrected chi connectivity index (χ0v) is 28.5. The van der Waals surface area contributed by atoms with Gasteiger partial charge in [0.25, 0.3) is 0 Å². The average molecular weight is 698 g/mol. The number of aliphatic carboxylic acids is 2. The van der Waals surface area contributed by atoms with Crippen LogP contribution in [0.2, 0.25) is 0 Å². The Bertz CT molecular complexity index is 1240. The Morgan fingerprint density at radius 1 is 0.796 bits per heavy atom. The second kappa shape index (κ2) is 19.0. The standard InChI is InChI=1S/C31H51N7O11/c1-16(2)13-20(35-28(45)21-7-5-11-37(21)29(46)18(32)15-39)30(47)38-12-6-8-22(38)27(44)34-19(9-10-24(41)42)26(43)33-14-23(40)36-25(17(3)4)31(48)49/h16-22,25,39H,5-15,32H2,1-4H3,(H,33,43)(H,34,44)(H,35,45)(H,36,40)(H,41,42)(H,48,49)/t18-,19-,20-,21-,22-,25-/m0/s1. The summed E-state index contributed by atoms with van der Waals surface area (Å²) in [6.07, 6.45) is 0.916. The highest BCUT2D eigenvalue weighted by molar-refractivity contribution is 5.97. The fourth-order valence-electron chi connectivity index (χ4n) is 5.89. The average Bonchev–Trinajstić information content (AvgIpc) is 3.73. The predicted molar refractivity (Wildman–Crippen MR) is 172 cm³/mol. The van der Waals surface area contributed by atoms with Crippen molar-refractivity contribution in [1.82, 2.24) is 31.1 Å². The van der Waals surface area contributed by atoms with Gasteiger partial charge in [0, 0.05) is 19.5 Å². The Morgan fingerprint density at radius 3 is 1.80 bits per heavy atom. The van der Waals surface area contributed by atoms with Gasteiger partial charge in [-0.25, -0.2) is 4.79 Å². The second-order valence-corrected chi connectivity index (χ2v) is 13.2. The number of carboxylic acids is 2. The largest absolute Gasteiger partial charge is 0.481 e. The number of aliphatic hydroxyl groups is 1. The van der Waals surface area contributed by atoms with Crippen LogP contribution in [0.4, 0.5) is 0 Å². The van der Waals surface area contributed by atoms with Gasteiger partial charge in [-0.3, -0.25) is 33.6 Å². The van der Waals surface area contributed by atoms with Crippen molar-refractivity contribution in [3.05, 3.63) is 0 Å². The third-order valence-corrected chi connectivity index (χ3v) is 8.46. The van der Waals surface area contributed by atoms with E-state index >= 15 is 0 Å². The van der Waals surface area contributed by atoms with Crippen LogP contribution in [-0.4, -0.2) is 135 Å². The maximum atomic E-state index is 13.9. The van der Waals surface area contributed by atoms with Crippen LogP contribution >= 0.6 is 0 Å². The summed E-state index contributed by atoms with van der Waals surface area (Å²) < 4.78 is 0. The van der Waals surface area contributed by atoms with Crippen LogP contribution in [0.15, 0.2) is 0 Å². The van der Waals surface area contributed by atoms with Gasteiger partial charge in [0.15, 0.2) is 0 Å². The van der Waals surface area contributed by atoms with Crippen molar-refractivity contribution in [2.75, 3.05) is 26.2 Å². The molecule has 0 unspecified atom stereocenters. The van der Waals surface area contributed by atoms with Gasteiger partial charge in [-0.2, -0.15) is 0 Å². The van der Waals surface area contributed by atoms with E-state index in [1.165, 1.54) is 9.80 Å². The number of carboxylic acid groups (broad SMARTS) is 2. The number of amides is 6. The third-order valence-electron chi connectivity index (χ3n) is 8.46. The molecule has 0 saturated carbocycles. The minimum atomic E-state index is -1.39. The van der Waals surface area contributed by atoms with E-state index in [2.05, 4.69) is 21.3 Å². The molecule has 0 bridgehead atoms. The summed E-state index contributed by atoms with van der Waals surface area (Å²) >= 11 is 0. The van der Waals surface area contributed by atoms with Gasteiger partial charge >= 0.3 is 11.9 Å². The lowest BCUT2D eigenvalue weighted by molar-refractivity contribution is -0.144. The zero-order chi connectivity index (χ0) is 37.0. The van der Waals surface area contributed by atoms with Crippen molar-refractivity contribution in [3.63, 3.8) is 0 Å². The van der Waals surface area contributed by atoms with Crippen molar-refractivity contribution in [3.8, 4) is 0 Å². The first-order chi connectivity index (χ1) is 23.0. The van der Waals surface area contributed by atoms with E-state index in [0.29, 0.717) is 19.3 Å². The molecule has 6 amide bonds. The Morgan fingerprint density at radius 2 is 1.33 bits per heavy atom. The third kappa shape index (κ3) is 12.0. The van der Waals surface area contributed by atoms with Crippen molar-refractivity contribution >= 4 is 47.4 Å². The molecule has 9 N–H and O–H groups in total. The lowest BCUT2D eigenvalue weighted by Gasteiger charge is -2.32. The van der Waals surface area contributed by atoms with E-state index in [4.69, 9.17) is 5.73 Å². The Hall–Kier alpha value is -4.32. The second-order valence-electron chi connectivity index (χ2n) is 13.2. The van der Waals surface area contributed by atoms with Crippen LogP contribution in [0, 0.1) is 11.8 Å². The number of nitrogens with one attached hydrogen (secondary N) is 4. The molecule has 0 aromatic rings. The summed E-state index contributed by atoms with van der Waals surface area (Å²) in [4.78, 5) is 104. The number of likely N-dealkylation sites (tertiary alicyclic amines) is 2. The van der Waals surface area contributed by atoms with Gasteiger partial charge in [-0.15, -0.1) is 0 Å². The van der Waals surface area contributed by atoms with Crippen molar-refractivity contribution in [2.24, 2.45) is 17.6 Å². The number of hydrogen-bond donors (Lipinski definition) is 8. The first-order valence-corrected chi connectivity index (χ1v) is 16.6. The summed E-state index contributed by atoms with van der Waals surface area (Å²) in [6, 6.07) is -6.76. The van der Waals surface area contributed by atoms with Crippen molar-refractivity contribution in [2.45, 2.75) is 109 Å². The number of aliphatic hydroxyl groups excluding tert-OH is 1. The number of carbonyl (C=O) groups is 8. The van der Waals surface area contributed by atoms with Crippen molar-refractivity contribution < 1.29 is 53.7 Å². The number of nitrogens with two attached hydrogens (primary N) is 1. The first-order valence-electron chi connectivity index (χ1n) is 16.6. The van der Waals surface area contributed by atoms with Gasteiger partial charge in [-0.05, 0) is 50.4 Å². The molecular weight excluding hydrogens is 646 g/mol. The van der Waals surface area contributed by atoms with Crippen LogP contribution in [0.3, 0.4) is 0 Å². The van der Waals surface area contributed by atoms with Crippen LogP contribution in [0.5, 0.6) is 0 Å². The van der Waals surface area contributed by atoms with E-state index in [0.717, 1.165) is 0 Å². The summed E-state index contributed by atoms with van der Waals surface area (Å²) in [5, 5.41) is 37.7. The molecule has 2 aliphatic rings. The number of nitrogens with zero attached hydrogens (tertiary/aromatic N) is 2. The summed E-state index contributed by atoms with van der Waals surface area (Å²) in [7, 11) is 0. The molecule has 0 spiro atoms. The maximum Gasteiger partial charge on any atom is 0.326 e. The molecule has 2 heterocycles. The zero-order valence-electron chi connectivity index (χ0n) is 28.5. The highest BCUT2D eigenvalue weighted by Gasteiger charge is 2.41. The van der Waals surface area contributed by atoms with Gasteiger partial charge in [0.1, 0.15) is 36.3 Å². The molecule has 0 radical (unpaired) electrons. The number of hydrogen-bond acceptors (Lipinski definition) is 10. The van der Waals surface area contributed by atoms with E-state index in [1.54, 1.807) is 13.8 Å². The lowest BCUT2D eigenvalue weighted by Crippen LogP contribution is -2.58. The lowest BCUT2D eigenvalue weighted by atomic mass is 10.0. The molecule has 18 nitrogen and oxygen atoms in total. The van der Waals surface area contributed by atoms with Crippen LogP contribution in [0.1, 0.15) is 72.6 Å². The molecule has 6 atom stereocenters. The van der Waals surface area contributed by atoms with Crippen LogP contribution in [0.25, 0.3) is 0 Å². The Balaban J connectivity index is 2.16. The Kier molecular flexibility index (Phi) is 15.9. The normalized spacial score (nSPS) is 19.9. The highest BCUT2D eigenvalue weighted by Crippen LogP contribution is 2.23. The summed E-state index contributed by atoms with van der Waals surface area (Å²) in [6.45, 7) is 6.11. The van der Waals surface area contributed by atoms with Crippen molar-refractivity contribution in [1.29, 1.82) is 0 Å². The van der Waals surface area contributed by atoms with Gasteiger partial charge < -0.3 is 52.1 Å². The smallest absolute Gasteiger partial charge is 0.326 e. The number of rotatable bonds is 18. The quantitative estimate of drug-likeness (QED) is 0.0739. The fourth-order valence-corrected chi connectivity index (χ4v) is 5.89. The molecule has 2 fully saturated rings. The monoisotopic (exact) mass is 697 g/mol. The van der Waals surface area contributed by atoms with E-state index in [-0.39, 0.29) is 38.3 Å². The highest BCUT2D eigenvalue weighted by atomic mass is 16.4. The molecule has 2 aliphatic heterocycles. The fraction of sp³-hybridized carbons (Fsp3) is 0.742. The number of carbonyl (C=O) groups excluding carboxylic acids is 6. The maximum absolute atomic E-state index is 13.9.